The molecule has 4 nitrogen and oxygen atoms in total. The number of carbonyl (C=O) groups excluding carboxylic acids is 1. The first-order valence-electron chi connectivity index (χ1n) is 6.63. The van der Waals surface area contributed by atoms with E-state index in [1.165, 1.54) is 11.8 Å². The van der Waals surface area contributed by atoms with E-state index in [0.29, 0.717) is 20.9 Å². The fraction of sp³-hybridized carbons (Fsp3) is 0.200. The summed E-state index contributed by atoms with van der Waals surface area (Å²) in [7, 11) is 0. The Bertz CT molecular complexity index is 705. The summed E-state index contributed by atoms with van der Waals surface area (Å²) in [5.41, 5.74) is 3.55. The van der Waals surface area contributed by atoms with Crippen molar-refractivity contribution in [2.75, 3.05) is 17.2 Å². The van der Waals surface area contributed by atoms with Gasteiger partial charge in [0, 0.05) is 17.8 Å². The topological polar surface area (TPSA) is 54.0 Å². The molecule has 3 rings (SSSR count). The summed E-state index contributed by atoms with van der Waals surface area (Å²) in [5.74, 6) is -0.153. The predicted octanol–water partition coefficient (Wildman–Crippen LogP) is 4.11. The zero-order chi connectivity index (χ0) is 14.8. The Hall–Kier alpha value is -1.59. The largest absolute Gasteiger partial charge is 0.385 e. The number of fused-ring (bicyclic) bond motifs is 1. The minimum absolute atomic E-state index is 0.153. The molecule has 0 atom stereocenters. The van der Waals surface area contributed by atoms with E-state index in [9.17, 15) is 4.79 Å². The van der Waals surface area contributed by atoms with Crippen molar-refractivity contribution >= 4 is 44.8 Å². The molecule has 1 aliphatic heterocycles. The maximum absolute atomic E-state index is 12.3. The Kier molecular flexibility index (Phi) is 4.12. The van der Waals surface area contributed by atoms with Crippen LogP contribution >= 0.6 is 27.5 Å². The van der Waals surface area contributed by atoms with Gasteiger partial charge in [-0.15, -0.1) is 0 Å². The number of halogens is 2. The summed E-state index contributed by atoms with van der Waals surface area (Å²) in [6.45, 7) is 0.989. The number of pyridine rings is 1. The average molecular weight is 367 g/mol. The van der Waals surface area contributed by atoms with E-state index >= 15 is 0 Å². The van der Waals surface area contributed by atoms with Crippen LogP contribution < -0.4 is 10.6 Å². The number of rotatable bonds is 2. The van der Waals surface area contributed by atoms with Crippen molar-refractivity contribution in [3.63, 3.8) is 0 Å². The highest BCUT2D eigenvalue weighted by Crippen LogP contribution is 2.25. The van der Waals surface area contributed by atoms with Crippen LogP contribution in [0.25, 0.3) is 0 Å². The molecule has 6 heteroatoms. The van der Waals surface area contributed by atoms with E-state index in [2.05, 4.69) is 31.5 Å². The molecule has 108 valence electrons. The van der Waals surface area contributed by atoms with Gasteiger partial charge in [0.05, 0.1) is 16.4 Å². The van der Waals surface area contributed by atoms with Crippen molar-refractivity contribution in [2.24, 2.45) is 0 Å². The summed E-state index contributed by atoms with van der Waals surface area (Å²) >= 11 is 9.12. The molecule has 0 spiro atoms. The smallest absolute Gasteiger partial charge is 0.255 e. The molecule has 2 aromatic rings. The molecule has 0 fully saturated rings. The van der Waals surface area contributed by atoms with Gasteiger partial charge in [-0.25, -0.2) is 4.98 Å². The van der Waals surface area contributed by atoms with Crippen LogP contribution in [0.1, 0.15) is 22.3 Å². The lowest BCUT2D eigenvalue weighted by Crippen LogP contribution is -2.15. The zero-order valence-electron chi connectivity index (χ0n) is 11.1. The van der Waals surface area contributed by atoms with Gasteiger partial charge in [-0.2, -0.15) is 0 Å². The Morgan fingerprint density at radius 2 is 2.24 bits per heavy atom. The number of aryl methyl sites for hydroxylation is 1. The molecular formula is C15H13BrClN3O. The quantitative estimate of drug-likeness (QED) is 0.787. The summed E-state index contributed by atoms with van der Waals surface area (Å²) in [6, 6.07) is 7.45. The number of hydrogen-bond donors (Lipinski definition) is 2. The number of amides is 1. The molecule has 0 radical (unpaired) electrons. The second-order valence-electron chi connectivity index (χ2n) is 4.85. The fourth-order valence-electron chi connectivity index (χ4n) is 2.31. The average Bonchev–Trinajstić information content (AvgIpc) is 2.50. The van der Waals surface area contributed by atoms with E-state index in [1.807, 2.05) is 18.2 Å². The van der Waals surface area contributed by atoms with Gasteiger partial charge in [-0.3, -0.25) is 4.79 Å². The van der Waals surface area contributed by atoms with E-state index in [0.717, 1.165) is 25.1 Å². The molecule has 21 heavy (non-hydrogen) atoms. The molecule has 1 aromatic carbocycles. The lowest BCUT2D eigenvalue weighted by molar-refractivity contribution is 0.102. The highest BCUT2D eigenvalue weighted by molar-refractivity contribution is 9.10. The minimum atomic E-state index is -0.153. The number of aromatic nitrogens is 1. The lowest BCUT2D eigenvalue weighted by Gasteiger charge is -2.18. The van der Waals surface area contributed by atoms with Crippen LogP contribution in [0.4, 0.5) is 11.4 Å². The third-order valence-corrected chi connectivity index (χ3v) is 4.49. The van der Waals surface area contributed by atoms with Gasteiger partial charge in [0.15, 0.2) is 0 Å². The highest BCUT2D eigenvalue weighted by atomic mass is 79.9. The third kappa shape index (κ3) is 3.19. The van der Waals surface area contributed by atoms with Crippen LogP contribution in [-0.2, 0) is 6.42 Å². The maximum atomic E-state index is 12.3. The molecule has 1 aromatic heterocycles. The monoisotopic (exact) mass is 365 g/mol. The minimum Gasteiger partial charge on any atom is -0.385 e. The number of nitrogens with one attached hydrogen (secondary N) is 2. The van der Waals surface area contributed by atoms with Gasteiger partial charge >= 0.3 is 0 Å². The lowest BCUT2D eigenvalue weighted by atomic mass is 10.0. The molecular weight excluding hydrogens is 354 g/mol. The molecule has 2 N–H and O–H groups in total. The first-order chi connectivity index (χ1) is 10.1. The summed E-state index contributed by atoms with van der Waals surface area (Å²) in [5, 5.41) is 6.52. The van der Waals surface area contributed by atoms with Crippen LogP contribution in [0.3, 0.4) is 0 Å². The van der Waals surface area contributed by atoms with E-state index < -0.39 is 0 Å². The van der Waals surface area contributed by atoms with Crippen molar-refractivity contribution in [1.29, 1.82) is 0 Å². The second-order valence-corrected chi connectivity index (χ2v) is 6.07. The van der Waals surface area contributed by atoms with Gasteiger partial charge in [0.2, 0.25) is 0 Å². The van der Waals surface area contributed by atoms with E-state index in [4.69, 9.17) is 11.6 Å². The molecule has 1 aliphatic rings. The van der Waals surface area contributed by atoms with E-state index in [-0.39, 0.29) is 5.91 Å². The fourth-order valence-corrected chi connectivity index (χ4v) is 2.76. The number of anilines is 2. The van der Waals surface area contributed by atoms with Crippen LogP contribution in [0.2, 0.25) is 5.15 Å². The van der Waals surface area contributed by atoms with Crippen molar-refractivity contribution in [1.82, 2.24) is 4.98 Å². The Morgan fingerprint density at radius 1 is 1.38 bits per heavy atom. The van der Waals surface area contributed by atoms with Gasteiger partial charge in [-0.1, -0.05) is 11.6 Å². The number of benzene rings is 1. The number of carbonyl (C=O) groups is 1. The van der Waals surface area contributed by atoms with Gasteiger partial charge in [0.25, 0.3) is 5.91 Å². The standard InChI is InChI=1S/C15H13BrClN3O/c16-12-7-11(8-19-14(12)17)20-15(21)10-3-4-13-9(6-10)2-1-5-18-13/h3-4,6-8,18H,1-2,5H2,(H,20,21). The summed E-state index contributed by atoms with van der Waals surface area (Å²) in [6.07, 6.45) is 3.62. The molecule has 1 amide bonds. The predicted molar refractivity (Wildman–Crippen MR) is 88.2 cm³/mol. The van der Waals surface area contributed by atoms with Gasteiger partial charge < -0.3 is 10.6 Å². The SMILES string of the molecule is O=C(Nc1cnc(Cl)c(Br)c1)c1ccc2c(c1)CCCN2. The summed E-state index contributed by atoms with van der Waals surface area (Å²) in [4.78, 5) is 16.3. The second kappa shape index (κ2) is 6.03. The molecule has 2 heterocycles. The molecule has 0 saturated carbocycles. The molecule has 0 unspecified atom stereocenters. The molecule has 0 bridgehead atoms. The number of nitrogens with zero attached hydrogens (tertiary/aromatic N) is 1. The van der Waals surface area contributed by atoms with Crippen molar-refractivity contribution in [2.45, 2.75) is 12.8 Å². The van der Waals surface area contributed by atoms with Crippen molar-refractivity contribution in [3.8, 4) is 0 Å². The molecule has 0 aliphatic carbocycles. The highest BCUT2D eigenvalue weighted by Gasteiger charge is 2.13. The van der Waals surface area contributed by atoms with Crippen molar-refractivity contribution < 1.29 is 4.79 Å². The Balaban J connectivity index is 1.80. The zero-order valence-corrected chi connectivity index (χ0v) is 13.5. The first-order valence-corrected chi connectivity index (χ1v) is 7.80. The van der Waals surface area contributed by atoms with E-state index in [1.54, 1.807) is 6.07 Å². The van der Waals surface area contributed by atoms with Crippen LogP contribution in [-0.4, -0.2) is 17.4 Å². The van der Waals surface area contributed by atoms with Gasteiger partial charge in [-0.05, 0) is 58.6 Å². The Labute approximate surface area is 136 Å². The van der Waals surface area contributed by atoms with Crippen LogP contribution in [0.15, 0.2) is 34.9 Å². The molecule has 0 saturated heterocycles. The van der Waals surface area contributed by atoms with Gasteiger partial charge in [0.1, 0.15) is 5.15 Å². The Morgan fingerprint density at radius 3 is 3.05 bits per heavy atom. The number of hydrogen-bond acceptors (Lipinski definition) is 3. The first kappa shape index (κ1) is 14.4. The van der Waals surface area contributed by atoms with Crippen LogP contribution in [0, 0.1) is 0 Å². The van der Waals surface area contributed by atoms with Crippen molar-refractivity contribution in [3.05, 3.63) is 51.2 Å². The summed E-state index contributed by atoms with van der Waals surface area (Å²) < 4.78 is 0.650. The third-order valence-electron chi connectivity index (χ3n) is 3.36. The maximum Gasteiger partial charge on any atom is 0.255 e. The normalized spacial score (nSPS) is 13.2. The van der Waals surface area contributed by atoms with Crippen LogP contribution in [0.5, 0.6) is 0 Å².